The normalized spacial score (nSPS) is 15.8. The molecular formula is C23H26N4O3. The summed E-state index contributed by atoms with van der Waals surface area (Å²) in [7, 11) is 0. The minimum atomic E-state index is -0.717. The molecule has 1 aromatic heterocycles. The average molecular weight is 406 g/mol. The summed E-state index contributed by atoms with van der Waals surface area (Å²) in [5.41, 5.74) is 2.72. The molecule has 1 aliphatic heterocycles. The summed E-state index contributed by atoms with van der Waals surface area (Å²) in [6, 6.07) is 17.6. The van der Waals surface area contributed by atoms with Gasteiger partial charge in [0.1, 0.15) is 6.33 Å². The molecule has 3 aromatic rings. The second-order valence-corrected chi connectivity index (χ2v) is 7.86. The summed E-state index contributed by atoms with van der Waals surface area (Å²) in [4.78, 5) is 26.1. The molecule has 0 radical (unpaired) electrons. The van der Waals surface area contributed by atoms with E-state index in [1.54, 1.807) is 10.9 Å². The van der Waals surface area contributed by atoms with Crippen LogP contribution in [0.1, 0.15) is 37.8 Å². The van der Waals surface area contributed by atoms with Gasteiger partial charge in [-0.2, -0.15) is 5.10 Å². The molecule has 0 saturated carbocycles. The van der Waals surface area contributed by atoms with Crippen molar-refractivity contribution in [1.82, 2.24) is 14.3 Å². The van der Waals surface area contributed by atoms with E-state index in [-0.39, 0.29) is 24.1 Å². The van der Waals surface area contributed by atoms with Gasteiger partial charge < -0.3 is 10.0 Å². The van der Waals surface area contributed by atoms with E-state index in [1.807, 2.05) is 61.5 Å². The number of aliphatic carboxylic acids is 1. The summed E-state index contributed by atoms with van der Waals surface area (Å²) in [6.07, 6.45) is 3.59. The lowest BCUT2D eigenvalue weighted by atomic mass is 9.93. The Labute approximate surface area is 175 Å². The lowest BCUT2D eigenvalue weighted by Crippen LogP contribution is -2.34. The van der Waals surface area contributed by atoms with E-state index in [1.165, 1.54) is 4.68 Å². The second-order valence-electron chi connectivity index (χ2n) is 7.86. The van der Waals surface area contributed by atoms with Crippen molar-refractivity contribution in [2.24, 2.45) is 5.92 Å². The zero-order valence-electron chi connectivity index (χ0n) is 17.0. The van der Waals surface area contributed by atoms with E-state index in [2.05, 4.69) is 10.00 Å². The van der Waals surface area contributed by atoms with Gasteiger partial charge in [0.25, 0.3) is 0 Å². The Bertz CT molecular complexity index is 1050. The number of anilines is 1. The van der Waals surface area contributed by atoms with Crippen molar-refractivity contribution in [1.29, 1.82) is 0 Å². The quantitative estimate of drug-likeness (QED) is 0.679. The minimum Gasteiger partial charge on any atom is -0.481 e. The highest BCUT2D eigenvalue weighted by atomic mass is 16.4. The zero-order chi connectivity index (χ0) is 21.1. The van der Waals surface area contributed by atoms with Crippen LogP contribution in [-0.4, -0.2) is 38.5 Å². The van der Waals surface area contributed by atoms with Crippen LogP contribution in [0, 0.1) is 5.92 Å². The van der Waals surface area contributed by atoms with E-state index in [0.29, 0.717) is 0 Å². The number of aromatic nitrogens is 3. The van der Waals surface area contributed by atoms with Crippen LogP contribution in [0.2, 0.25) is 0 Å². The first-order chi connectivity index (χ1) is 14.5. The molecule has 7 heteroatoms. The fourth-order valence-corrected chi connectivity index (χ4v) is 4.10. The van der Waals surface area contributed by atoms with E-state index in [9.17, 15) is 9.59 Å². The first kappa shape index (κ1) is 19.9. The number of nitrogens with zero attached hydrogens (tertiary/aromatic N) is 4. The molecule has 156 valence electrons. The molecule has 2 aromatic carbocycles. The Hall–Kier alpha value is -3.35. The minimum absolute atomic E-state index is 0.147. The van der Waals surface area contributed by atoms with E-state index < -0.39 is 5.97 Å². The predicted molar refractivity (Wildman–Crippen MR) is 115 cm³/mol. The smallest absolute Gasteiger partial charge is 0.350 e. The molecule has 1 fully saturated rings. The average Bonchev–Trinajstić information content (AvgIpc) is 3.15. The standard InChI is InChI=1S/C23H26N4O3/c1-17(19-5-3-2-4-6-19)27-23(30)26(16-24-27)21-9-7-20(8-10-21)25-13-11-18(12-14-25)15-22(28)29/h2-10,16-18H,11-15H2,1H3,(H,28,29). The molecule has 1 saturated heterocycles. The van der Waals surface area contributed by atoms with Crippen LogP contribution in [-0.2, 0) is 4.79 Å². The summed E-state index contributed by atoms with van der Waals surface area (Å²) in [5.74, 6) is -0.459. The monoisotopic (exact) mass is 406 g/mol. The van der Waals surface area contributed by atoms with Crippen LogP contribution in [0.4, 0.5) is 5.69 Å². The summed E-state index contributed by atoms with van der Waals surface area (Å²) < 4.78 is 3.05. The predicted octanol–water partition coefficient (Wildman–Crippen LogP) is 3.33. The highest BCUT2D eigenvalue weighted by Gasteiger charge is 2.21. The molecule has 0 aliphatic carbocycles. The van der Waals surface area contributed by atoms with Crippen LogP contribution in [0.25, 0.3) is 5.69 Å². The number of hydrogen-bond donors (Lipinski definition) is 1. The molecule has 7 nitrogen and oxygen atoms in total. The maximum Gasteiger partial charge on any atom is 0.350 e. The van der Waals surface area contributed by atoms with Crippen LogP contribution in [0.3, 0.4) is 0 Å². The highest BCUT2D eigenvalue weighted by molar-refractivity contribution is 5.67. The van der Waals surface area contributed by atoms with Gasteiger partial charge in [-0.1, -0.05) is 30.3 Å². The number of piperidine rings is 1. The fraction of sp³-hybridized carbons (Fsp3) is 0.348. The van der Waals surface area contributed by atoms with Crippen molar-refractivity contribution in [2.75, 3.05) is 18.0 Å². The van der Waals surface area contributed by atoms with E-state index in [4.69, 9.17) is 5.11 Å². The van der Waals surface area contributed by atoms with Gasteiger partial charge in [0, 0.05) is 25.2 Å². The molecular weight excluding hydrogens is 380 g/mol. The van der Waals surface area contributed by atoms with Crippen molar-refractivity contribution < 1.29 is 9.90 Å². The molecule has 30 heavy (non-hydrogen) atoms. The van der Waals surface area contributed by atoms with Gasteiger partial charge >= 0.3 is 11.7 Å². The maximum atomic E-state index is 12.9. The van der Waals surface area contributed by atoms with Gasteiger partial charge in [-0.15, -0.1) is 0 Å². The van der Waals surface area contributed by atoms with Crippen LogP contribution in [0.15, 0.2) is 65.7 Å². The molecule has 1 N–H and O–H groups in total. The van der Waals surface area contributed by atoms with E-state index >= 15 is 0 Å². The lowest BCUT2D eigenvalue weighted by molar-refractivity contribution is -0.138. The molecule has 2 heterocycles. The summed E-state index contributed by atoms with van der Waals surface area (Å²) in [5, 5.41) is 13.3. The Morgan fingerprint density at radius 2 is 1.70 bits per heavy atom. The van der Waals surface area contributed by atoms with Gasteiger partial charge in [0.2, 0.25) is 0 Å². The molecule has 0 bridgehead atoms. The number of rotatable bonds is 6. The first-order valence-corrected chi connectivity index (χ1v) is 10.3. The summed E-state index contributed by atoms with van der Waals surface area (Å²) in [6.45, 7) is 3.67. The molecule has 4 rings (SSSR count). The molecule has 1 aliphatic rings. The van der Waals surface area contributed by atoms with Gasteiger partial charge in [0.15, 0.2) is 0 Å². The van der Waals surface area contributed by atoms with Crippen LogP contribution in [0.5, 0.6) is 0 Å². The Morgan fingerprint density at radius 3 is 2.33 bits per heavy atom. The van der Waals surface area contributed by atoms with Crippen molar-refractivity contribution in [2.45, 2.75) is 32.2 Å². The molecule has 1 unspecified atom stereocenters. The SMILES string of the molecule is CC(c1ccccc1)n1ncn(-c2ccc(N3CCC(CC(=O)O)CC3)cc2)c1=O. The molecule has 0 spiro atoms. The van der Waals surface area contributed by atoms with Gasteiger partial charge in [-0.05, 0) is 55.5 Å². The third kappa shape index (κ3) is 4.15. The fourth-order valence-electron chi connectivity index (χ4n) is 4.10. The third-order valence-electron chi connectivity index (χ3n) is 5.91. The second kappa shape index (κ2) is 8.57. The number of carbonyl (C=O) groups is 1. The number of benzene rings is 2. The molecule has 1 atom stereocenters. The zero-order valence-corrected chi connectivity index (χ0v) is 17.0. The van der Waals surface area contributed by atoms with Crippen molar-refractivity contribution in [3.8, 4) is 5.69 Å². The largest absolute Gasteiger partial charge is 0.481 e. The van der Waals surface area contributed by atoms with Gasteiger partial charge in [0.05, 0.1) is 11.7 Å². The Morgan fingerprint density at radius 1 is 1.07 bits per heavy atom. The first-order valence-electron chi connectivity index (χ1n) is 10.3. The third-order valence-corrected chi connectivity index (χ3v) is 5.91. The van der Waals surface area contributed by atoms with E-state index in [0.717, 1.165) is 42.9 Å². The molecule has 0 amide bonds. The van der Waals surface area contributed by atoms with Crippen LogP contribution >= 0.6 is 0 Å². The van der Waals surface area contributed by atoms with Crippen molar-refractivity contribution in [3.05, 3.63) is 77.0 Å². The maximum absolute atomic E-state index is 12.9. The number of hydrogen-bond acceptors (Lipinski definition) is 4. The van der Waals surface area contributed by atoms with Crippen molar-refractivity contribution in [3.63, 3.8) is 0 Å². The van der Waals surface area contributed by atoms with Gasteiger partial charge in [-0.3, -0.25) is 4.79 Å². The topological polar surface area (TPSA) is 80.4 Å². The number of carboxylic acids is 1. The van der Waals surface area contributed by atoms with Gasteiger partial charge in [-0.25, -0.2) is 14.0 Å². The Balaban J connectivity index is 1.47. The Kier molecular flexibility index (Phi) is 5.70. The van der Waals surface area contributed by atoms with Crippen LogP contribution < -0.4 is 10.6 Å². The van der Waals surface area contributed by atoms with Crippen molar-refractivity contribution >= 4 is 11.7 Å². The summed E-state index contributed by atoms with van der Waals surface area (Å²) >= 11 is 0. The lowest BCUT2D eigenvalue weighted by Gasteiger charge is -2.33. The highest BCUT2D eigenvalue weighted by Crippen LogP contribution is 2.26. The number of carboxylic acid groups (broad SMARTS) is 1.